The number of oxime groups is 1. The maximum Gasteiger partial charge on any atom is 0.220 e. The molecular weight excluding hydrogens is 182 g/mol. The fraction of sp³-hybridized carbons (Fsp3) is 0.778. The third-order valence-corrected chi connectivity index (χ3v) is 2.32. The number of carbonyl (C=O) groups is 1. The first-order chi connectivity index (χ1) is 6.69. The largest absolute Gasteiger partial charge is 0.409 e. The Morgan fingerprint density at radius 1 is 1.71 bits per heavy atom. The van der Waals surface area contributed by atoms with Gasteiger partial charge in [0.25, 0.3) is 0 Å². The second-order valence-electron chi connectivity index (χ2n) is 3.66. The molecule has 0 aromatic rings. The van der Waals surface area contributed by atoms with Gasteiger partial charge >= 0.3 is 0 Å². The van der Waals surface area contributed by atoms with Crippen molar-refractivity contribution in [1.82, 2.24) is 5.32 Å². The van der Waals surface area contributed by atoms with E-state index in [0.717, 1.165) is 19.3 Å². The highest BCUT2D eigenvalue weighted by Crippen LogP contribution is 2.32. The molecule has 14 heavy (non-hydrogen) atoms. The lowest BCUT2D eigenvalue weighted by atomic mass is 10.1. The molecule has 1 unspecified atom stereocenters. The molecule has 5 heteroatoms. The van der Waals surface area contributed by atoms with Gasteiger partial charge in [-0.25, -0.2) is 0 Å². The molecule has 1 aliphatic carbocycles. The van der Waals surface area contributed by atoms with E-state index in [2.05, 4.69) is 10.5 Å². The lowest BCUT2D eigenvalue weighted by Gasteiger charge is -2.16. The Hall–Kier alpha value is -1.26. The van der Waals surface area contributed by atoms with Crippen molar-refractivity contribution in [2.45, 2.75) is 38.6 Å². The van der Waals surface area contributed by atoms with Gasteiger partial charge in [0.15, 0.2) is 5.84 Å². The number of rotatable bonds is 5. The van der Waals surface area contributed by atoms with Gasteiger partial charge < -0.3 is 16.3 Å². The number of hydrogen-bond acceptors (Lipinski definition) is 3. The number of nitrogens with two attached hydrogens (primary N) is 1. The Morgan fingerprint density at radius 2 is 2.36 bits per heavy atom. The second-order valence-corrected chi connectivity index (χ2v) is 3.66. The van der Waals surface area contributed by atoms with Crippen LogP contribution in [0, 0.1) is 5.92 Å². The molecule has 4 N–H and O–H groups in total. The van der Waals surface area contributed by atoms with Crippen LogP contribution < -0.4 is 11.1 Å². The zero-order valence-electron chi connectivity index (χ0n) is 8.36. The average molecular weight is 199 g/mol. The van der Waals surface area contributed by atoms with E-state index in [9.17, 15) is 4.79 Å². The van der Waals surface area contributed by atoms with E-state index in [0.29, 0.717) is 12.3 Å². The summed E-state index contributed by atoms with van der Waals surface area (Å²) in [6.07, 6.45) is 3.36. The van der Waals surface area contributed by atoms with Crippen LogP contribution in [0.3, 0.4) is 0 Å². The van der Waals surface area contributed by atoms with Crippen molar-refractivity contribution in [3.05, 3.63) is 0 Å². The normalized spacial score (nSPS) is 19.1. The Bertz CT molecular complexity index is 236. The molecule has 0 radical (unpaired) electrons. The zero-order chi connectivity index (χ0) is 10.6. The summed E-state index contributed by atoms with van der Waals surface area (Å²) in [6, 6.07) is -0.279. The summed E-state index contributed by atoms with van der Waals surface area (Å²) in [5.41, 5.74) is 5.49. The lowest BCUT2D eigenvalue weighted by Crippen LogP contribution is -2.46. The summed E-state index contributed by atoms with van der Waals surface area (Å²) in [5.74, 6) is 0.430. The van der Waals surface area contributed by atoms with E-state index in [-0.39, 0.29) is 17.8 Å². The summed E-state index contributed by atoms with van der Waals surface area (Å²) in [5, 5.41) is 14.3. The molecule has 1 fully saturated rings. The number of nitrogens with one attached hydrogen (secondary N) is 1. The number of amidine groups is 1. The highest BCUT2D eigenvalue weighted by atomic mass is 16.4. The van der Waals surface area contributed by atoms with Gasteiger partial charge in [-0.1, -0.05) is 12.1 Å². The molecule has 0 bridgehead atoms. The molecule has 0 aliphatic heterocycles. The van der Waals surface area contributed by atoms with Crippen LogP contribution in [0.15, 0.2) is 5.16 Å². The van der Waals surface area contributed by atoms with Crippen LogP contribution >= 0.6 is 0 Å². The highest BCUT2D eigenvalue weighted by Gasteiger charge is 2.34. The first-order valence-electron chi connectivity index (χ1n) is 4.95. The van der Waals surface area contributed by atoms with Gasteiger partial charge in [0, 0.05) is 6.42 Å². The minimum Gasteiger partial charge on any atom is -0.409 e. The Balaban J connectivity index is 2.47. The first-order valence-corrected chi connectivity index (χ1v) is 4.95. The van der Waals surface area contributed by atoms with Crippen molar-refractivity contribution < 1.29 is 10.0 Å². The van der Waals surface area contributed by atoms with Crippen molar-refractivity contribution in [1.29, 1.82) is 0 Å². The molecule has 1 aliphatic rings. The van der Waals surface area contributed by atoms with E-state index in [1.54, 1.807) is 0 Å². The van der Waals surface area contributed by atoms with Crippen LogP contribution in [0.1, 0.15) is 32.6 Å². The van der Waals surface area contributed by atoms with Gasteiger partial charge in [0.1, 0.15) is 0 Å². The third-order valence-electron chi connectivity index (χ3n) is 2.32. The average Bonchev–Trinajstić information content (AvgIpc) is 2.97. The van der Waals surface area contributed by atoms with Crippen molar-refractivity contribution in [2.24, 2.45) is 16.8 Å². The first kappa shape index (κ1) is 10.8. The maximum absolute atomic E-state index is 11.3. The van der Waals surface area contributed by atoms with E-state index in [1.165, 1.54) is 0 Å². The van der Waals surface area contributed by atoms with Crippen LogP contribution in [-0.2, 0) is 4.79 Å². The minimum absolute atomic E-state index is 0.0315. The molecule has 0 aromatic heterocycles. The number of nitrogens with zero attached hydrogens (tertiary/aromatic N) is 1. The predicted octanol–water partition coefficient (Wildman–Crippen LogP) is 0.428. The topological polar surface area (TPSA) is 87.7 Å². The molecule has 1 atom stereocenters. The molecule has 0 saturated heterocycles. The number of carbonyl (C=O) groups excluding carboxylic acids is 1. The summed E-state index contributed by atoms with van der Waals surface area (Å²) in [4.78, 5) is 11.3. The van der Waals surface area contributed by atoms with Gasteiger partial charge in [-0.3, -0.25) is 4.79 Å². The summed E-state index contributed by atoms with van der Waals surface area (Å²) in [7, 11) is 0. The highest BCUT2D eigenvalue weighted by molar-refractivity contribution is 5.90. The quantitative estimate of drug-likeness (QED) is 0.259. The van der Waals surface area contributed by atoms with Crippen molar-refractivity contribution >= 4 is 11.7 Å². The number of amides is 1. The van der Waals surface area contributed by atoms with Crippen LogP contribution in [-0.4, -0.2) is 23.0 Å². The zero-order valence-corrected chi connectivity index (χ0v) is 8.36. The number of hydrogen-bond donors (Lipinski definition) is 3. The minimum atomic E-state index is -0.279. The molecule has 5 nitrogen and oxygen atoms in total. The van der Waals surface area contributed by atoms with Crippen LogP contribution in [0.2, 0.25) is 0 Å². The van der Waals surface area contributed by atoms with Crippen LogP contribution in [0.4, 0.5) is 0 Å². The maximum atomic E-state index is 11.3. The monoisotopic (exact) mass is 199 g/mol. The second kappa shape index (κ2) is 4.83. The van der Waals surface area contributed by atoms with Crippen molar-refractivity contribution in [3.8, 4) is 0 Å². The lowest BCUT2D eigenvalue weighted by molar-refractivity contribution is -0.121. The molecule has 1 saturated carbocycles. The fourth-order valence-electron chi connectivity index (χ4n) is 1.40. The molecule has 0 heterocycles. The Kier molecular flexibility index (Phi) is 3.73. The van der Waals surface area contributed by atoms with Gasteiger partial charge in [0.05, 0.1) is 6.04 Å². The predicted molar refractivity (Wildman–Crippen MR) is 53.0 cm³/mol. The van der Waals surface area contributed by atoms with Crippen LogP contribution in [0.5, 0.6) is 0 Å². The Labute approximate surface area is 83.3 Å². The van der Waals surface area contributed by atoms with E-state index in [1.807, 2.05) is 6.92 Å². The standard InChI is InChI=1S/C9H17N3O2/c1-2-3-7(13)11-8(6-4-5-6)9(10)12-14/h6,8,14H,2-5H2,1H3,(H2,10,12)(H,11,13). The van der Waals surface area contributed by atoms with Crippen molar-refractivity contribution in [2.75, 3.05) is 0 Å². The summed E-state index contributed by atoms with van der Waals surface area (Å²) >= 11 is 0. The molecule has 80 valence electrons. The molecule has 1 amide bonds. The van der Waals surface area contributed by atoms with Crippen molar-refractivity contribution in [3.63, 3.8) is 0 Å². The van der Waals surface area contributed by atoms with E-state index >= 15 is 0 Å². The van der Waals surface area contributed by atoms with Gasteiger partial charge in [0.2, 0.25) is 5.91 Å². The molecular formula is C9H17N3O2. The van der Waals surface area contributed by atoms with Gasteiger partial charge in [-0.2, -0.15) is 0 Å². The SMILES string of the molecule is CCCC(=O)NC(C(N)=NO)C1CC1. The summed E-state index contributed by atoms with van der Waals surface area (Å²) < 4.78 is 0. The van der Waals surface area contributed by atoms with Gasteiger partial charge in [-0.15, -0.1) is 0 Å². The molecule has 0 aromatic carbocycles. The summed E-state index contributed by atoms with van der Waals surface area (Å²) in [6.45, 7) is 1.94. The third kappa shape index (κ3) is 2.90. The molecule has 1 rings (SSSR count). The van der Waals surface area contributed by atoms with Gasteiger partial charge in [-0.05, 0) is 25.2 Å². The fourth-order valence-corrected chi connectivity index (χ4v) is 1.40. The van der Waals surface area contributed by atoms with E-state index in [4.69, 9.17) is 10.9 Å². The van der Waals surface area contributed by atoms with E-state index < -0.39 is 0 Å². The smallest absolute Gasteiger partial charge is 0.220 e. The molecule has 0 spiro atoms. The Morgan fingerprint density at radius 3 is 2.79 bits per heavy atom. The van der Waals surface area contributed by atoms with Crippen LogP contribution in [0.25, 0.3) is 0 Å².